The molecule has 3 heterocycles. The number of piperazine rings is 1. The Kier molecular flexibility index (Phi) is 4.80. The Bertz CT molecular complexity index is 929. The van der Waals surface area contributed by atoms with E-state index in [2.05, 4.69) is 9.97 Å². The van der Waals surface area contributed by atoms with Gasteiger partial charge < -0.3 is 14.5 Å². The zero-order valence-electron chi connectivity index (χ0n) is 14.3. The standard InChI is InChI=1S/C19H16N4O3S/c24-17-13-22(9-10-23(17)15-2-1-7-20-12-15)18(25)14-3-5-16(6-4-14)26-19-21-8-11-27-19/h1-8,11-12H,9-10,13H2. The molecular weight excluding hydrogens is 364 g/mol. The van der Waals surface area contributed by atoms with Crippen LogP contribution >= 0.6 is 11.3 Å². The number of anilines is 1. The molecule has 0 N–H and O–H groups in total. The minimum absolute atomic E-state index is 0.0467. The van der Waals surface area contributed by atoms with Gasteiger partial charge in [0.05, 0.1) is 11.9 Å². The smallest absolute Gasteiger partial charge is 0.278 e. The molecule has 3 aromatic rings. The number of thiazole rings is 1. The average molecular weight is 380 g/mol. The SMILES string of the molecule is O=C(c1ccc(Oc2nccs2)cc1)N1CCN(c2cccnc2)C(=O)C1. The Hall–Kier alpha value is -3.26. The summed E-state index contributed by atoms with van der Waals surface area (Å²) < 4.78 is 5.59. The monoisotopic (exact) mass is 380 g/mol. The van der Waals surface area contributed by atoms with E-state index in [4.69, 9.17) is 4.74 Å². The summed E-state index contributed by atoms with van der Waals surface area (Å²) in [4.78, 5) is 36.5. The van der Waals surface area contributed by atoms with Crippen molar-refractivity contribution in [2.75, 3.05) is 24.5 Å². The maximum atomic E-state index is 12.7. The number of pyridine rings is 1. The molecule has 0 atom stereocenters. The summed E-state index contributed by atoms with van der Waals surface area (Å²) in [5, 5.41) is 2.38. The fraction of sp³-hybridized carbons (Fsp3) is 0.158. The van der Waals surface area contributed by atoms with E-state index in [1.165, 1.54) is 11.3 Å². The third-order valence-electron chi connectivity index (χ3n) is 4.18. The van der Waals surface area contributed by atoms with Crippen molar-refractivity contribution in [1.82, 2.24) is 14.9 Å². The predicted octanol–water partition coefficient (Wildman–Crippen LogP) is 2.82. The molecule has 0 aliphatic carbocycles. The maximum absolute atomic E-state index is 12.7. The van der Waals surface area contributed by atoms with E-state index >= 15 is 0 Å². The highest BCUT2D eigenvalue weighted by Gasteiger charge is 2.28. The number of benzene rings is 1. The van der Waals surface area contributed by atoms with Crippen LogP contribution in [0.2, 0.25) is 0 Å². The van der Waals surface area contributed by atoms with Crippen LogP contribution in [0.4, 0.5) is 5.69 Å². The lowest BCUT2D eigenvalue weighted by atomic mass is 10.1. The molecule has 1 aliphatic rings. The van der Waals surface area contributed by atoms with Crippen LogP contribution in [0.15, 0.2) is 60.4 Å². The molecule has 2 aromatic heterocycles. The normalized spacial score (nSPS) is 14.3. The zero-order valence-corrected chi connectivity index (χ0v) is 15.1. The second-order valence-electron chi connectivity index (χ2n) is 5.91. The second-order valence-corrected chi connectivity index (χ2v) is 6.76. The number of nitrogens with zero attached hydrogens (tertiary/aromatic N) is 4. The quantitative estimate of drug-likeness (QED) is 0.696. The van der Waals surface area contributed by atoms with E-state index in [1.807, 2.05) is 11.4 Å². The van der Waals surface area contributed by atoms with Gasteiger partial charge in [-0.3, -0.25) is 14.6 Å². The molecule has 8 heteroatoms. The molecule has 0 bridgehead atoms. The van der Waals surface area contributed by atoms with Crippen LogP contribution in [0.25, 0.3) is 0 Å². The van der Waals surface area contributed by atoms with Gasteiger partial charge >= 0.3 is 0 Å². The summed E-state index contributed by atoms with van der Waals surface area (Å²) >= 11 is 1.39. The second kappa shape index (κ2) is 7.55. The fourth-order valence-corrected chi connectivity index (χ4v) is 3.35. The van der Waals surface area contributed by atoms with Crippen molar-refractivity contribution >= 4 is 28.8 Å². The van der Waals surface area contributed by atoms with Crippen molar-refractivity contribution in [2.45, 2.75) is 0 Å². The van der Waals surface area contributed by atoms with E-state index in [0.717, 1.165) is 5.69 Å². The van der Waals surface area contributed by atoms with E-state index in [-0.39, 0.29) is 18.4 Å². The van der Waals surface area contributed by atoms with Crippen LogP contribution in [0.3, 0.4) is 0 Å². The highest BCUT2D eigenvalue weighted by atomic mass is 32.1. The van der Waals surface area contributed by atoms with Crippen LogP contribution in [0.1, 0.15) is 10.4 Å². The molecule has 2 amide bonds. The Labute approximate surface area is 159 Å². The van der Waals surface area contributed by atoms with Gasteiger partial charge in [0.15, 0.2) is 0 Å². The molecule has 1 aromatic carbocycles. The number of carbonyl (C=O) groups is 2. The van der Waals surface area contributed by atoms with Crippen molar-refractivity contribution < 1.29 is 14.3 Å². The van der Waals surface area contributed by atoms with Crippen LogP contribution in [0, 0.1) is 0 Å². The molecule has 0 saturated carbocycles. The molecule has 1 fully saturated rings. The first-order valence-electron chi connectivity index (χ1n) is 8.38. The van der Waals surface area contributed by atoms with E-state index in [9.17, 15) is 9.59 Å². The van der Waals surface area contributed by atoms with Crippen molar-refractivity contribution in [3.63, 3.8) is 0 Å². The van der Waals surface area contributed by atoms with Crippen LogP contribution in [-0.4, -0.2) is 46.3 Å². The van der Waals surface area contributed by atoms with Gasteiger partial charge in [0.25, 0.3) is 11.1 Å². The first-order chi connectivity index (χ1) is 13.2. The summed E-state index contributed by atoms with van der Waals surface area (Å²) in [6.45, 7) is 0.962. The lowest BCUT2D eigenvalue weighted by molar-refractivity contribution is -0.120. The van der Waals surface area contributed by atoms with Crippen molar-refractivity contribution in [1.29, 1.82) is 0 Å². The van der Waals surface area contributed by atoms with Crippen molar-refractivity contribution in [2.24, 2.45) is 0 Å². The molecular formula is C19H16N4O3S. The molecule has 0 radical (unpaired) electrons. The summed E-state index contributed by atoms with van der Waals surface area (Å²) in [5.41, 5.74) is 1.27. The number of rotatable bonds is 4. The van der Waals surface area contributed by atoms with Gasteiger partial charge in [-0.05, 0) is 36.4 Å². The van der Waals surface area contributed by atoms with Gasteiger partial charge in [0.1, 0.15) is 12.3 Å². The molecule has 1 aliphatic heterocycles. The van der Waals surface area contributed by atoms with Gasteiger partial charge in [-0.15, -0.1) is 0 Å². The molecule has 0 unspecified atom stereocenters. The third kappa shape index (κ3) is 3.80. The summed E-state index contributed by atoms with van der Waals surface area (Å²) in [6, 6.07) is 10.5. The minimum atomic E-state index is -0.171. The van der Waals surface area contributed by atoms with Crippen LogP contribution in [-0.2, 0) is 4.79 Å². The molecule has 136 valence electrons. The predicted molar refractivity (Wildman–Crippen MR) is 101 cm³/mol. The highest BCUT2D eigenvalue weighted by Crippen LogP contribution is 2.24. The van der Waals surface area contributed by atoms with Crippen LogP contribution < -0.4 is 9.64 Å². The lowest BCUT2D eigenvalue weighted by Crippen LogP contribution is -2.52. The molecule has 4 rings (SSSR count). The van der Waals surface area contributed by atoms with E-state index in [0.29, 0.717) is 29.6 Å². The third-order valence-corrected chi connectivity index (χ3v) is 4.83. The highest BCUT2D eigenvalue weighted by molar-refractivity contribution is 7.11. The largest absolute Gasteiger partial charge is 0.431 e. The first kappa shape index (κ1) is 17.2. The topological polar surface area (TPSA) is 75.6 Å². The van der Waals surface area contributed by atoms with Gasteiger partial charge in [0.2, 0.25) is 5.91 Å². The number of amides is 2. The summed E-state index contributed by atoms with van der Waals surface area (Å²) in [7, 11) is 0. The average Bonchev–Trinajstić information content (AvgIpc) is 3.22. The van der Waals surface area contributed by atoms with Crippen LogP contribution in [0.5, 0.6) is 10.9 Å². The Morgan fingerprint density at radius 3 is 2.63 bits per heavy atom. The number of aromatic nitrogens is 2. The Morgan fingerprint density at radius 1 is 1.11 bits per heavy atom. The maximum Gasteiger partial charge on any atom is 0.278 e. The number of carbonyl (C=O) groups excluding carboxylic acids is 2. The Balaban J connectivity index is 1.41. The zero-order chi connectivity index (χ0) is 18.6. The molecule has 7 nitrogen and oxygen atoms in total. The van der Waals surface area contributed by atoms with E-state index < -0.39 is 0 Å². The summed E-state index contributed by atoms with van der Waals surface area (Å²) in [6.07, 6.45) is 4.98. The number of hydrogen-bond donors (Lipinski definition) is 0. The van der Waals surface area contributed by atoms with Gasteiger partial charge in [-0.2, -0.15) is 0 Å². The molecule has 27 heavy (non-hydrogen) atoms. The Morgan fingerprint density at radius 2 is 1.96 bits per heavy atom. The number of ether oxygens (including phenoxy) is 1. The van der Waals surface area contributed by atoms with Crippen molar-refractivity contribution in [3.05, 3.63) is 65.9 Å². The van der Waals surface area contributed by atoms with Gasteiger partial charge in [-0.1, -0.05) is 11.3 Å². The minimum Gasteiger partial charge on any atom is -0.431 e. The first-order valence-corrected chi connectivity index (χ1v) is 9.26. The molecule has 1 saturated heterocycles. The molecule has 0 spiro atoms. The number of hydrogen-bond acceptors (Lipinski definition) is 6. The van der Waals surface area contributed by atoms with Gasteiger partial charge in [-0.25, -0.2) is 4.98 Å². The fourth-order valence-electron chi connectivity index (χ4n) is 2.84. The van der Waals surface area contributed by atoms with Crippen molar-refractivity contribution in [3.8, 4) is 10.9 Å². The van der Waals surface area contributed by atoms with Gasteiger partial charge in [0, 0.05) is 36.4 Å². The summed E-state index contributed by atoms with van der Waals surface area (Å²) in [5.74, 6) is 0.320. The lowest BCUT2D eigenvalue weighted by Gasteiger charge is -2.34. The van der Waals surface area contributed by atoms with E-state index in [1.54, 1.807) is 58.7 Å².